The third kappa shape index (κ3) is 14.9. The Hall–Kier alpha value is -1.89. The first-order chi connectivity index (χ1) is 13.1. The van der Waals surface area contributed by atoms with E-state index in [0.717, 1.165) is 28.8 Å². The number of unbranched alkanes of at least 4 members (excludes halogenated alkanes) is 4. The Morgan fingerprint density at radius 1 is 0.926 bits per heavy atom. The average Bonchev–Trinajstić information content (AvgIpc) is 2.72. The van der Waals surface area contributed by atoms with Crippen molar-refractivity contribution in [2.45, 2.75) is 86.5 Å². The minimum absolute atomic E-state index is 0.910. The van der Waals surface area contributed by atoms with Gasteiger partial charge in [-0.25, -0.2) is 0 Å². The molecule has 1 heterocycles. The van der Waals surface area contributed by atoms with Crippen molar-refractivity contribution < 1.29 is 0 Å². The Kier molecular flexibility index (Phi) is 20.7. The summed E-state index contributed by atoms with van der Waals surface area (Å²) in [5.74, 6) is 0. The molecule has 1 aromatic heterocycles. The van der Waals surface area contributed by atoms with Crippen molar-refractivity contribution in [2.24, 2.45) is 0 Å². The molecule has 0 radical (unpaired) electrons. The van der Waals surface area contributed by atoms with E-state index in [2.05, 4.69) is 45.0 Å². The molecule has 1 aromatic rings. The summed E-state index contributed by atoms with van der Waals surface area (Å²) < 4.78 is 0. The monoisotopic (exact) mass is 369 g/mol. The SMILES string of the molecule is C=C(CCCC)c1ccc(C(=C)/C=C\C=C/C)nc1.CC.CCCCCC. The van der Waals surface area contributed by atoms with Gasteiger partial charge >= 0.3 is 0 Å². The molecule has 152 valence electrons. The summed E-state index contributed by atoms with van der Waals surface area (Å²) in [5, 5.41) is 0. The highest BCUT2D eigenvalue weighted by Gasteiger charge is 2.01. The number of hydrogen-bond donors (Lipinski definition) is 0. The molecule has 0 spiro atoms. The van der Waals surface area contributed by atoms with Crippen LogP contribution in [0.25, 0.3) is 11.1 Å². The van der Waals surface area contributed by atoms with Gasteiger partial charge in [0.15, 0.2) is 0 Å². The minimum Gasteiger partial charge on any atom is -0.256 e. The van der Waals surface area contributed by atoms with Gasteiger partial charge in [-0.05, 0) is 42.5 Å². The first-order valence-electron chi connectivity index (χ1n) is 10.7. The topological polar surface area (TPSA) is 12.9 Å². The Labute approximate surface area is 170 Å². The summed E-state index contributed by atoms with van der Waals surface area (Å²) in [5.41, 5.74) is 4.12. The van der Waals surface area contributed by atoms with Crippen LogP contribution >= 0.6 is 0 Å². The quantitative estimate of drug-likeness (QED) is 0.296. The summed E-state index contributed by atoms with van der Waals surface area (Å²) in [6.45, 7) is 20.8. The molecule has 0 aliphatic rings. The molecule has 0 atom stereocenters. The van der Waals surface area contributed by atoms with Gasteiger partial charge in [0.05, 0.1) is 5.69 Å². The molecule has 27 heavy (non-hydrogen) atoms. The predicted octanol–water partition coefficient (Wildman–Crippen LogP) is 9.04. The van der Waals surface area contributed by atoms with Gasteiger partial charge in [0, 0.05) is 6.20 Å². The zero-order chi connectivity index (χ0) is 20.9. The van der Waals surface area contributed by atoms with Crippen molar-refractivity contribution in [1.29, 1.82) is 0 Å². The van der Waals surface area contributed by atoms with Crippen LogP contribution < -0.4 is 0 Å². The standard InChI is InChI=1S/C18H23N.C6H14.C2H6/c1-5-7-9-11-16(4)18-13-12-17(14-19-18)15(3)10-8-6-2;1-3-5-6-4-2;1-2/h5,7,9,11-14H,3-4,6,8,10H2,1-2H3;3-6H2,1-2H3;1-2H3/b7-5-,11-9-;;. The average molecular weight is 370 g/mol. The first-order valence-corrected chi connectivity index (χ1v) is 10.7. The van der Waals surface area contributed by atoms with Gasteiger partial charge in [-0.1, -0.05) is 110 Å². The molecule has 0 unspecified atom stereocenters. The first kappa shape index (κ1) is 27.3. The van der Waals surface area contributed by atoms with Crippen molar-refractivity contribution in [2.75, 3.05) is 0 Å². The number of pyridine rings is 1. The lowest BCUT2D eigenvalue weighted by Gasteiger charge is -2.06. The Morgan fingerprint density at radius 3 is 1.96 bits per heavy atom. The van der Waals surface area contributed by atoms with Crippen molar-refractivity contribution in [3.8, 4) is 0 Å². The Bertz CT molecular complexity index is 528. The van der Waals surface area contributed by atoms with E-state index in [-0.39, 0.29) is 0 Å². The molecule has 1 heteroatoms. The lowest BCUT2D eigenvalue weighted by molar-refractivity contribution is 0.702. The summed E-state index contributed by atoms with van der Waals surface area (Å²) in [6, 6.07) is 4.09. The van der Waals surface area contributed by atoms with E-state index in [0.29, 0.717) is 0 Å². The molecular formula is C26H43N. The largest absolute Gasteiger partial charge is 0.256 e. The maximum Gasteiger partial charge on any atom is 0.0696 e. The van der Waals surface area contributed by atoms with Gasteiger partial charge in [0.2, 0.25) is 0 Å². The fraction of sp³-hybridized carbons (Fsp3) is 0.500. The van der Waals surface area contributed by atoms with E-state index < -0.39 is 0 Å². The van der Waals surface area contributed by atoms with Gasteiger partial charge in [0.25, 0.3) is 0 Å². The second-order valence-electron chi connectivity index (χ2n) is 6.26. The third-order valence-corrected chi connectivity index (χ3v) is 3.89. The van der Waals surface area contributed by atoms with E-state index in [1.807, 2.05) is 57.3 Å². The summed E-state index contributed by atoms with van der Waals surface area (Å²) in [6.07, 6.45) is 18.7. The highest BCUT2D eigenvalue weighted by Crippen LogP contribution is 2.19. The molecule has 0 fully saturated rings. The van der Waals surface area contributed by atoms with Crippen molar-refractivity contribution in [1.82, 2.24) is 4.98 Å². The Balaban J connectivity index is 0. The maximum absolute atomic E-state index is 4.45. The second kappa shape index (κ2) is 20.4. The summed E-state index contributed by atoms with van der Waals surface area (Å²) in [4.78, 5) is 4.45. The minimum atomic E-state index is 0.910. The number of hydrogen-bond acceptors (Lipinski definition) is 1. The van der Waals surface area contributed by atoms with Crippen LogP contribution in [0.1, 0.15) is 97.7 Å². The van der Waals surface area contributed by atoms with Gasteiger partial charge in [0.1, 0.15) is 0 Å². The molecule has 1 rings (SSSR count). The molecule has 0 aliphatic heterocycles. The van der Waals surface area contributed by atoms with Crippen molar-refractivity contribution >= 4 is 11.1 Å². The lowest BCUT2D eigenvalue weighted by atomic mass is 10.0. The fourth-order valence-electron chi connectivity index (χ4n) is 2.20. The number of allylic oxidation sites excluding steroid dienone is 6. The smallest absolute Gasteiger partial charge is 0.0696 e. The number of nitrogens with zero attached hydrogens (tertiary/aromatic N) is 1. The van der Waals surface area contributed by atoms with Gasteiger partial charge < -0.3 is 0 Å². The van der Waals surface area contributed by atoms with Crippen molar-refractivity contribution in [3.05, 3.63) is 67.0 Å². The second-order valence-corrected chi connectivity index (χ2v) is 6.26. The van der Waals surface area contributed by atoms with E-state index in [9.17, 15) is 0 Å². The molecule has 0 saturated carbocycles. The van der Waals surface area contributed by atoms with E-state index >= 15 is 0 Å². The normalized spacial score (nSPS) is 10.1. The number of aromatic nitrogens is 1. The van der Waals surface area contributed by atoms with E-state index in [4.69, 9.17) is 0 Å². The zero-order valence-corrected chi connectivity index (χ0v) is 18.9. The van der Waals surface area contributed by atoms with Crippen LogP contribution in [0.3, 0.4) is 0 Å². The van der Waals surface area contributed by atoms with Crippen LogP contribution in [0.2, 0.25) is 0 Å². The van der Waals surface area contributed by atoms with Crippen LogP contribution in [0, 0.1) is 0 Å². The summed E-state index contributed by atoms with van der Waals surface area (Å²) in [7, 11) is 0. The number of rotatable bonds is 10. The fourth-order valence-corrected chi connectivity index (χ4v) is 2.20. The molecule has 1 nitrogen and oxygen atoms in total. The molecule has 0 N–H and O–H groups in total. The van der Waals surface area contributed by atoms with Crippen LogP contribution in [0.4, 0.5) is 0 Å². The van der Waals surface area contributed by atoms with Crippen LogP contribution in [-0.4, -0.2) is 4.98 Å². The molecule has 0 bridgehead atoms. The highest BCUT2D eigenvalue weighted by molar-refractivity contribution is 5.71. The molecule has 0 aliphatic carbocycles. The van der Waals surface area contributed by atoms with E-state index in [1.165, 1.54) is 38.5 Å². The molecule has 0 saturated heterocycles. The van der Waals surface area contributed by atoms with Crippen molar-refractivity contribution in [3.63, 3.8) is 0 Å². The molecule has 0 amide bonds. The van der Waals surface area contributed by atoms with Crippen LogP contribution in [0.5, 0.6) is 0 Å². The van der Waals surface area contributed by atoms with Crippen LogP contribution in [0.15, 0.2) is 55.8 Å². The maximum atomic E-state index is 4.45. The van der Waals surface area contributed by atoms with E-state index in [1.54, 1.807) is 0 Å². The highest BCUT2D eigenvalue weighted by atomic mass is 14.7. The van der Waals surface area contributed by atoms with Gasteiger partial charge in [-0.15, -0.1) is 0 Å². The zero-order valence-electron chi connectivity index (χ0n) is 18.9. The van der Waals surface area contributed by atoms with Gasteiger partial charge in [-0.3, -0.25) is 4.98 Å². The third-order valence-electron chi connectivity index (χ3n) is 3.89. The Morgan fingerprint density at radius 2 is 1.52 bits per heavy atom. The summed E-state index contributed by atoms with van der Waals surface area (Å²) >= 11 is 0. The van der Waals surface area contributed by atoms with Crippen LogP contribution in [-0.2, 0) is 0 Å². The predicted molar refractivity (Wildman–Crippen MR) is 127 cm³/mol. The van der Waals surface area contributed by atoms with Gasteiger partial charge in [-0.2, -0.15) is 0 Å². The lowest BCUT2D eigenvalue weighted by Crippen LogP contribution is -1.89. The molecule has 0 aromatic carbocycles. The molecular weight excluding hydrogens is 326 g/mol.